The fourth-order valence-corrected chi connectivity index (χ4v) is 5.52. The number of nitrogens with zero attached hydrogens (tertiary/aromatic N) is 2. The molecule has 4 rings (SSSR count). The maximum absolute atomic E-state index is 12.6. The van der Waals surface area contributed by atoms with Crippen molar-refractivity contribution in [1.29, 1.82) is 0 Å². The van der Waals surface area contributed by atoms with Crippen molar-refractivity contribution in [1.82, 2.24) is 9.29 Å². The summed E-state index contributed by atoms with van der Waals surface area (Å²) in [5.41, 5.74) is 2.46. The fraction of sp³-hybridized carbons (Fsp3) is 0.273. The number of rotatable bonds is 7. The maximum Gasteiger partial charge on any atom is 0.262 e. The van der Waals surface area contributed by atoms with Crippen LogP contribution in [-0.2, 0) is 14.8 Å². The van der Waals surface area contributed by atoms with Crippen LogP contribution >= 0.6 is 11.3 Å². The molecule has 1 saturated heterocycles. The van der Waals surface area contributed by atoms with Crippen molar-refractivity contribution in [3.63, 3.8) is 0 Å². The highest BCUT2D eigenvalue weighted by Crippen LogP contribution is 2.25. The van der Waals surface area contributed by atoms with E-state index in [1.54, 1.807) is 29.5 Å². The normalized spacial score (nSPS) is 14.5. The summed E-state index contributed by atoms with van der Waals surface area (Å²) in [6, 6.07) is 13.6. The zero-order valence-corrected chi connectivity index (χ0v) is 18.7. The van der Waals surface area contributed by atoms with E-state index in [0.29, 0.717) is 24.5 Å². The van der Waals surface area contributed by atoms with Gasteiger partial charge in [-0.15, -0.1) is 11.3 Å². The quantitative estimate of drug-likeness (QED) is 0.581. The van der Waals surface area contributed by atoms with Crippen LogP contribution in [0.25, 0.3) is 11.3 Å². The van der Waals surface area contributed by atoms with Crippen molar-refractivity contribution >= 4 is 33.0 Å². The van der Waals surface area contributed by atoms with Crippen LogP contribution in [0.3, 0.4) is 0 Å². The van der Waals surface area contributed by atoms with Gasteiger partial charge in [0, 0.05) is 29.7 Å². The van der Waals surface area contributed by atoms with E-state index in [9.17, 15) is 13.2 Å². The number of hydrogen-bond donors (Lipinski definition) is 1. The van der Waals surface area contributed by atoms with E-state index >= 15 is 0 Å². The van der Waals surface area contributed by atoms with Crippen molar-refractivity contribution in [2.75, 3.05) is 25.0 Å². The Bertz CT molecular complexity index is 1170. The van der Waals surface area contributed by atoms with Gasteiger partial charge in [0.05, 0.1) is 15.6 Å². The Hall–Kier alpha value is -2.75. The minimum absolute atomic E-state index is 0.182. The van der Waals surface area contributed by atoms with E-state index in [2.05, 4.69) is 10.3 Å². The minimum atomic E-state index is -3.46. The lowest BCUT2D eigenvalue weighted by molar-refractivity contribution is -0.118. The lowest BCUT2D eigenvalue weighted by Crippen LogP contribution is -2.27. The molecule has 1 aromatic heterocycles. The zero-order valence-electron chi connectivity index (χ0n) is 17.1. The van der Waals surface area contributed by atoms with E-state index in [1.165, 1.54) is 16.4 Å². The maximum atomic E-state index is 12.6. The third-order valence-corrected chi connectivity index (χ3v) is 7.64. The Balaban J connectivity index is 1.34. The van der Waals surface area contributed by atoms with Crippen LogP contribution < -0.4 is 10.1 Å². The van der Waals surface area contributed by atoms with E-state index in [1.807, 2.05) is 30.5 Å². The van der Waals surface area contributed by atoms with Crippen molar-refractivity contribution in [2.45, 2.75) is 24.7 Å². The molecule has 9 heteroatoms. The molecule has 0 radical (unpaired) electrons. The largest absolute Gasteiger partial charge is 0.484 e. The number of anilines is 1. The Morgan fingerprint density at radius 1 is 1.16 bits per heavy atom. The highest BCUT2D eigenvalue weighted by Gasteiger charge is 2.26. The van der Waals surface area contributed by atoms with Crippen molar-refractivity contribution in [3.05, 3.63) is 58.9 Å². The van der Waals surface area contributed by atoms with Gasteiger partial charge >= 0.3 is 0 Å². The predicted octanol–water partition coefficient (Wildman–Crippen LogP) is 3.92. The van der Waals surface area contributed by atoms with Crippen LogP contribution in [0.5, 0.6) is 5.75 Å². The van der Waals surface area contributed by atoms with Gasteiger partial charge in [0.2, 0.25) is 10.0 Å². The first kappa shape index (κ1) is 21.5. The Morgan fingerprint density at radius 3 is 2.58 bits per heavy atom. The summed E-state index contributed by atoms with van der Waals surface area (Å²) in [4.78, 5) is 17.0. The molecule has 7 nitrogen and oxygen atoms in total. The molecule has 0 saturated carbocycles. The summed E-state index contributed by atoms with van der Waals surface area (Å²) in [5.74, 6) is 0.127. The highest BCUT2D eigenvalue weighted by atomic mass is 32.2. The Labute approximate surface area is 185 Å². The number of sulfonamides is 1. The van der Waals surface area contributed by atoms with Crippen LogP contribution in [0.1, 0.15) is 17.8 Å². The van der Waals surface area contributed by atoms with E-state index in [-0.39, 0.29) is 17.4 Å². The number of aryl methyl sites for hydroxylation is 1. The number of nitrogens with one attached hydrogen (secondary N) is 1. The summed E-state index contributed by atoms with van der Waals surface area (Å²) in [7, 11) is -3.46. The monoisotopic (exact) mass is 457 g/mol. The molecule has 0 bridgehead atoms. The van der Waals surface area contributed by atoms with Gasteiger partial charge < -0.3 is 10.1 Å². The molecular formula is C22H23N3O4S2. The van der Waals surface area contributed by atoms with Crippen molar-refractivity contribution in [3.8, 4) is 17.0 Å². The Kier molecular flexibility index (Phi) is 6.35. The summed E-state index contributed by atoms with van der Waals surface area (Å²) >= 11 is 1.58. The molecule has 1 aliphatic rings. The van der Waals surface area contributed by atoms with Gasteiger partial charge in [0.15, 0.2) is 6.61 Å². The van der Waals surface area contributed by atoms with Gasteiger partial charge in [-0.25, -0.2) is 13.4 Å². The number of aromatic nitrogens is 1. The number of thiazole rings is 1. The summed E-state index contributed by atoms with van der Waals surface area (Å²) in [6.45, 7) is 2.89. The minimum Gasteiger partial charge on any atom is -0.484 e. The third-order valence-electron chi connectivity index (χ3n) is 4.96. The molecule has 1 amide bonds. The average Bonchev–Trinajstić information content (AvgIpc) is 3.45. The number of carbonyl (C=O) groups is 1. The molecule has 1 N–H and O–H groups in total. The molecule has 1 aliphatic heterocycles. The molecule has 3 aromatic rings. The zero-order chi connectivity index (χ0) is 21.8. The average molecular weight is 458 g/mol. The highest BCUT2D eigenvalue weighted by molar-refractivity contribution is 7.89. The van der Waals surface area contributed by atoms with Crippen LogP contribution in [0.2, 0.25) is 0 Å². The molecule has 0 spiro atoms. The van der Waals surface area contributed by atoms with Crippen molar-refractivity contribution < 1.29 is 17.9 Å². The molecule has 31 heavy (non-hydrogen) atoms. The number of amides is 1. The first-order valence-corrected chi connectivity index (χ1v) is 12.3. The van der Waals surface area contributed by atoms with Gasteiger partial charge in [0.25, 0.3) is 5.91 Å². The summed E-state index contributed by atoms with van der Waals surface area (Å²) < 4.78 is 32.1. The van der Waals surface area contributed by atoms with Crippen LogP contribution in [0, 0.1) is 6.92 Å². The SMILES string of the molecule is Cc1nc(-c2cccc(NC(=O)COc3ccc(S(=O)(=O)N4CCCC4)cc3)c2)cs1. The van der Waals surface area contributed by atoms with Gasteiger partial charge in [0.1, 0.15) is 5.75 Å². The van der Waals surface area contributed by atoms with E-state index in [0.717, 1.165) is 29.1 Å². The summed E-state index contributed by atoms with van der Waals surface area (Å²) in [5, 5.41) is 5.77. The second-order valence-corrected chi connectivity index (χ2v) is 10.3. The molecule has 162 valence electrons. The van der Waals surface area contributed by atoms with Crippen LogP contribution in [0.4, 0.5) is 5.69 Å². The topological polar surface area (TPSA) is 88.6 Å². The van der Waals surface area contributed by atoms with E-state index < -0.39 is 10.0 Å². The molecular weight excluding hydrogens is 434 g/mol. The number of carbonyl (C=O) groups excluding carboxylic acids is 1. The van der Waals surface area contributed by atoms with Crippen LogP contribution in [-0.4, -0.2) is 43.3 Å². The van der Waals surface area contributed by atoms with Gasteiger partial charge in [-0.2, -0.15) is 4.31 Å². The lowest BCUT2D eigenvalue weighted by Gasteiger charge is -2.15. The smallest absolute Gasteiger partial charge is 0.262 e. The fourth-order valence-electron chi connectivity index (χ4n) is 3.38. The number of hydrogen-bond acceptors (Lipinski definition) is 6. The van der Waals surface area contributed by atoms with Gasteiger partial charge in [-0.3, -0.25) is 4.79 Å². The second kappa shape index (κ2) is 9.17. The molecule has 2 aromatic carbocycles. The second-order valence-electron chi connectivity index (χ2n) is 7.25. The third kappa shape index (κ3) is 5.12. The predicted molar refractivity (Wildman–Crippen MR) is 121 cm³/mol. The molecule has 2 heterocycles. The first-order valence-electron chi connectivity index (χ1n) is 9.97. The summed E-state index contributed by atoms with van der Waals surface area (Å²) in [6.07, 6.45) is 1.78. The van der Waals surface area contributed by atoms with Crippen molar-refractivity contribution in [2.24, 2.45) is 0 Å². The molecule has 0 unspecified atom stereocenters. The molecule has 1 fully saturated rings. The Morgan fingerprint density at radius 2 is 1.90 bits per heavy atom. The molecule has 0 atom stereocenters. The number of ether oxygens (including phenoxy) is 1. The first-order chi connectivity index (χ1) is 14.9. The number of benzene rings is 2. The lowest BCUT2D eigenvalue weighted by atomic mass is 10.1. The van der Waals surface area contributed by atoms with Gasteiger partial charge in [-0.1, -0.05) is 12.1 Å². The van der Waals surface area contributed by atoms with Crippen LogP contribution in [0.15, 0.2) is 58.8 Å². The van der Waals surface area contributed by atoms with Gasteiger partial charge in [-0.05, 0) is 56.2 Å². The molecule has 0 aliphatic carbocycles. The van der Waals surface area contributed by atoms with E-state index in [4.69, 9.17) is 4.74 Å². The standard InChI is InChI=1S/C22H23N3O4S2/c1-16-23-21(15-30-16)17-5-4-6-18(13-17)24-22(26)14-29-19-7-9-20(10-8-19)31(27,28)25-11-2-3-12-25/h4-10,13,15H,2-3,11-12,14H2,1H3,(H,24,26).